The van der Waals surface area contributed by atoms with Gasteiger partial charge in [0.25, 0.3) is 0 Å². The second-order valence-electron chi connectivity index (χ2n) is 3.87. The maximum Gasteiger partial charge on any atom is 0.340 e. The summed E-state index contributed by atoms with van der Waals surface area (Å²) in [6.45, 7) is 2.52. The van der Waals surface area contributed by atoms with Crippen molar-refractivity contribution >= 4 is 27.6 Å². The van der Waals surface area contributed by atoms with Crippen LogP contribution in [0.15, 0.2) is 16.6 Å². The highest BCUT2D eigenvalue weighted by atomic mass is 79.9. The van der Waals surface area contributed by atoms with Crippen molar-refractivity contribution < 1.29 is 18.7 Å². The van der Waals surface area contributed by atoms with Gasteiger partial charge in [-0.1, -0.05) is 0 Å². The van der Waals surface area contributed by atoms with Crippen LogP contribution in [0.25, 0.3) is 0 Å². The third-order valence-corrected chi connectivity index (χ3v) is 3.40. The molecule has 0 saturated carbocycles. The molecule has 0 bridgehead atoms. The van der Waals surface area contributed by atoms with Gasteiger partial charge in [-0.15, -0.1) is 0 Å². The second-order valence-corrected chi connectivity index (χ2v) is 4.73. The fourth-order valence-corrected chi connectivity index (χ4v) is 2.21. The molecule has 1 aliphatic rings. The van der Waals surface area contributed by atoms with Crippen molar-refractivity contribution in [2.45, 2.75) is 0 Å². The average Bonchev–Trinajstić information content (AvgIpc) is 2.41. The molecule has 0 unspecified atom stereocenters. The van der Waals surface area contributed by atoms with Gasteiger partial charge in [0.2, 0.25) is 0 Å². The first-order valence-electron chi connectivity index (χ1n) is 5.53. The molecule has 2 rings (SSSR count). The molecule has 0 N–H and O–H groups in total. The Bertz CT molecular complexity index is 461. The number of hydrogen-bond acceptors (Lipinski definition) is 4. The number of esters is 1. The molecule has 0 radical (unpaired) electrons. The van der Waals surface area contributed by atoms with E-state index in [4.69, 9.17) is 4.74 Å². The summed E-state index contributed by atoms with van der Waals surface area (Å²) < 4.78 is 23.8. The van der Waals surface area contributed by atoms with E-state index in [9.17, 15) is 9.18 Å². The van der Waals surface area contributed by atoms with Gasteiger partial charge in [0.15, 0.2) is 0 Å². The Morgan fingerprint density at radius 1 is 1.44 bits per heavy atom. The number of carbonyl (C=O) groups excluding carboxylic acids is 1. The standard InChI is InChI=1S/C12H13BrFNO3/c1-17-12(16)8-6-10(14)9(13)7-11(8)15-2-4-18-5-3-15/h6-7H,2-5H2,1H3. The zero-order valence-electron chi connectivity index (χ0n) is 9.91. The van der Waals surface area contributed by atoms with E-state index in [2.05, 4.69) is 20.7 Å². The van der Waals surface area contributed by atoms with Gasteiger partial charge in [-0.2, -0.15) is 0 Å². The van der Waals surface area contributed by atoms with Gasteiger partial charge in [-0.25, -0.2) is 9.18 Å². The summed E-state index contributed by atoms with van der Waals surface area (Å²) in [6.07, 6.45) is 0. The van der Waals surface area contributed by atoms with E-state index < -0.39 is 11.8 Å². The molecular formula is C12H13BrFNO3. The zero-order chi connectivity index (χ0) is 13.1. The number of hydrogen-bond donors (Lipinski definition) is 0. The minimum Gasteiger partial charge on any atom is -0.465 e. The molecule has 0 spiro atoms. The van der Waals surface area contributed by atoms with Crippen LogP contribution in [-0.2, 0) is 9.47 Å². The zero-order valence-corrected chi connectivity index (χ0v) is 11.5. The summed E-state index contributed by atoms with van der Waals surface area (Å²) in [5.41, 5.74) is 0.901. The van der Waals surface area contributed by atoms with Crippen molar-refractivity contribution in [3.8, 4) is 0 Å². The molecule has 4 nitrogen and oxygen atoms in total. The van der Waals surface area contributed by atoms with Crippen LogP contribution in [0.4, 0.5) is 10.1 Å². The van der Waals surface area contributed by atoms with E-state index >= 15 is 0 Å². The SMILES string of the molecule is COC(=O)c1cc(F)c(Br)cc1N1CCOCC1. The van der Waals surface area contributed by atoms with Crippen LogP contribution >= 0.6 is 15.9 Å². The topological polar surface area (TPSA) is 38.8 Å². The first-order chi connectivity index (χ1) is 8.63. The lowest BCUT2D eigenvalue weighted by atomic mass is 10.1. The van der Waals surface area contributed by atoms with Crippen molar-refractivity contribution in [2.24, 2.45) is 0 Å². The van der Waals surface area contributed by atoms with E-state index in [1.54, 1.807) is 6.07 Å². The Kier molecular flexibility index (Phi) is 4.19. The van der Waals surface area contributed by atoms with Gasteiger partial charge < -0.3 is 14.4 Å². The Morgan fingerprint density at radius 2 is 2.11 bits per heavy atom. The monoisotopic (exact) mass is 317 g/mol. The Hall–Kier alpha value is -1.14. The van der Waals surface area contributed by atoms with Crippen LogP contribution in [0.2, 0.25) is 0 Å². The third kappa shape index (κ3) is 2.64. The fourth-order valence-electron chi connectivity index (χ4n) is 1.88. The summed E-state index contributed by atoms with van der Waals surface area (Å²) in [7, 11) is 1.28. The molecule has 0 aromatic heterocycles. The number of anilines is 1. The van der Waals surface area contributed by atoms with Crippen molar-refractivity contribution in [2.75, 3.05) is 38.3 Å². The highest BCUT2D eigenvalue weighted by molar-refractivity contribution is 9.10. The fraction of sp³-hybridized carbons (Fsp3) is 0.417. The maximum absolute atomic E-state index is 13.5. The predicted molar refractivity (Wildman–Crippen MR) is 68.5 cm³/mol. The third-order valence-electron chi connectivity index (χ3n) is 2.80. The van der Waals surface area contributed by atoms with Gasteiger partial charge in [0, 0.05) is 13.1 Å². The minimum atomic E-state index is -0.539. The molecule has 1 aromatic rings. The first-order valence-corrected chi connectivity index (χ1v) is 6.33. The lowest BCUT2D eigenvalue weighted by molar-refractivity contribution is 0.0600. The van der Waals surface area contributed by atoms with Gasteiger partial charge in [-0.3, -0.25) is 0 Å². The highest BCUT2D eigenvalue weighted by Crippen LogP contribution is 2.29. The van der Waals surface area contributed by atoms with Crippen molar-refractivity contribution in [3.05, 3.63) is 28.0 Å². The second kappa shape index (κ2) is 5.67. The van der Waals surface area contributed by atoms with Gasteiger partial charge >= 0.3 is 5.97 Å². The summed E-state index contributed by atoms with van der Waals surface area (Å²) in [5, 5.41) is 0. The average molecular weight is 318 g/mol. The van der Waals surface area contributed by atoms with Gasteiger partial charge in [-0.05, 0) is 28.1 Å². The molecular weight excluding hydrogens is 305 g/mol. The molecule has 0 atom stereocenters. The summed E-state index contributed by atoms with van der Waals surface area (Å²) in [4.78, 5) is 13.7. The number of methoxy groups -OCH3 is 1. The first kappa shape index (κ1) is 13.3. The molecule has 0 aliphatic carbocycles. The van der Waals surface area contributed by atoms with E-state index in [0.717, 1.165) is 0 Å². The predicted octanol–water partition coefficient (Wildman–Crippen LogP) is 2.21. The molecule has 6 heteroatoms. The number of benzene rings is 1. The van der Waals surface area contributed by atoms with Crippen LogP contribution in [0.3, 0.4) is 0 Å². The molecule has 98 valence electrons. The largest absolute Gasteiger partial charge is 0.465 e. The van der Waals surface area contributed by atoms with E-state index in [1.165, 1.54) is 13.2 Å². The smallest absolute Gasteiger partial charge is 0.340 e. The Balaban J connectivity index is 2.42. The minimum absolute atomic E-state index is 0.236. The molecule has 1 heterocycles. The lowest BCUT2D eigenvalue weighted by Crippen LogP contribution is -2.37. The van der Waals surface area contributed by atoms with E-state index in [0.29, 0.717) is 36.5 Å². The molecule has 1 aromatic carbocycles. The number of carbonyl (C=O) groups is 1. The molecule has 1 fully saturated rings. The summed E-state index contributed by atoms with van der Waals surface area (Å²) >= 11 is 3.13. The number of rotatable bonds is 2. The van der Waals surface area contributed by atoms with Gasteiger partial charge in [0.05, 0.1) is 36.0 Å². The van der Waals surface area contributed by atoms with Crippen LogP contribution in [0.1, 0.15) is 10.4 Å². The summed E-state index contributed by atoms with van der Waals surface area (Å²) in [5.74, 6) is -1.02. The number of ether oxygens (including phenoxy) is 2. The normalized spacial score (nSPS) is 15.6. The van der Waals surface area contributed by atoms with Crippen LogP contribution < -0.4 is 4.90 Å². The summed E-state index contributed by atoms with van der Waals surface area (Å²) in [6, 6.07) is 2.80. The van der Waals surface area contributed by atoms with Crippen LogP contribution in [0, 0.1) is 5.82 Å². The van der Waals surface area contributed by atoms with E-state index in [-0.39, 0.29) is 5.56 Å². The Labute approximate surface area is 113 Å². The number of nitrogens with zero attached hydrogens (tertiary/aromatic N) is 1. The van der Waals surface area contributed by atoms with Crippen molar-refractivity contribution in [1.82, 2.24) is 0 Å². The van der Waals surface area contributed by atoms with Crippen LogP contribution in [-0.4, -0.2) is 39.4 Å². The number of halogens is 2. The molecule has 1 saturated heterocycles. The molecule has 18 heavy (non-hydrogen) atoms. The van der Waals surface area contributed by atoms with Crippen molar-refractivity contribution in [1.29, 1.82) is 0 Å². The van der Waals surface area contributed by atoms with E-state index in [1.807, 2.05) is 4.90 Å². The Morgan fingerprint density at radius 3 is 2.72 bits per heavy atom. The number of morpholine rings is 1. The highest BCUT2D eigenvalue weighted by Gasteiger charge is 2.21. The lowest BCUT2D eigenvalue weighted by Gasteiger charge is -2.30. The molecule has 0 amide bonds. The quantitative estimate of drug-likeness (QED) is 0.784. The molecule has 1 aliphatic heterocycles. The van der Waals surface area contributed by atoms with Crippen molar-refractivity contribution in [3.63, 3.8) is 0 Å². The van der Waals surface area contributed by atoms with Gasteiger partial charge in [0.1, 0.15) is 5.82 Å². The maximum atomic E-state index is 13.5. The van der Waals surface area contributed by atoms with Crippen LogP contribution in [0.5, 0.6) is 0 Å².